The minimum atomic E-state index is -2.77. The van der Waals surface area contributed by atoms with Crippen molar-refractivity contribution in [2.24, 2.45) is 0 Å². The predicted molar refractivity (Wildman–Crippen MR) is 142 cm³/mol. The summed E-state index contributed by atoms with van der Waals surface area (Å²) in [4.78, 5) is 51.3. The zero-order chi connectivity index (χ0) is 30.1. The topological polar surface area (TPSA) is 150 Å². The summed E-state index contributed by atoms with van der Waals surface area (Å²) in [6.45, 7) is 9.32. The van der Waals surface area contributed by atoms with Gasteiger partial charge in [0, 0.05) is 0 Å². The first-order valence-electron chi connectivity index (χ1n) is 12.3. The van der Waals surface area contributed by atoms with Gasteiger partial charge in [-0.25, -0.2) is 19.2 Å². The molecule has 0 spiro atoms. The number of amides is 1. The van der Waals surface area contributed by atoms with Crippen molar-refractivity contribution in [2.45, 2.75) is 71.0 Å². The SMILES string of the molecule is COC(=O)c1ccc([C@@H](NC(=O)OC(C)(C)C)[C@](C#N)(OC(=O)OCc2ccccc2)C(=O)OC(C)(C)C)cc1. The Hall–Kier alpha value is -4.59. The summed E-state index contributed by atoms with van der Waals surface area (Å²) in [5.74, 6) is -1.90. The van der Waals surface area contributed by atoms with Crippen LogP contribution in [0.15, 0.2) is 54.6 Å². The zero-order valence-corrected chi connectivity index (χ0v) is 23.6. The molecule has 0 unspecified atom stereocenters. The minimum absolute atomic E-state index is 0.113. The number of nitrogens with one attached hydrogen (secondary N) is 1. The second-order valence-corrected chi connectivity index (χ2v) is 10.7. The number of hydrogen-bond donors (Lipinski definition) is 1. The summed E-state index contributed by atoms with van der Waals surface area (Å²) in [6, 6.07) is 14.2. The quantitative estimate of drug-likeness (QED) is 0.349. The highest BCUT2D eigenvalue weighted by atomic mass is 16.7. The van der Waals surface area contributed by atoms with E-state index in [0.29, 0.717) is 5.56 Å². The van der Waals surface area contributed by atoms with Crippen LogP contribution in [-0.4, -0.2) is 48.1 Å². The van der Waals surface area contributed by atoms with Gasteiger partial charge < -0.3 is 29.0 Å². The summed E-state index contributed by atoms with van der Waals surface area (Å²) in [5, 5.41) is 12.8. The van der Waals surface area contributed by atoms with E-state index in [1.165, 1.54) is 31.4 Å². The predicted octanol–water partition coefficient (Wildman–Crippen LogP) is 5.00. The van der Waals surface area contributed by atoms with E-state index in [1.54, 1.807) is 77.9 Å². The van der Waals surface area contributed by atoms with Gasteiger partial charge in [0.1, 0.15) is 29.9 Å². The molecule has 2 aromatic rings. The molecule has 40 heavy (non-hydrogen) atoms. The minimum Gasteiger partial charge on any atom is -0.465 e. The van der Waals surface area contributed by atoms with Crippen molar-refractivity contribution in [1.29, 1.82) is 5.26 Å². The van der Waals surface area contributed by atoms with Crippen molar-refractivity contribution in [3.8, 4) is 6.07 Å². The van der Waals surface area contributed by atoms with Crippen LogP contribution in [0.3, 0.4) is 0 Å². The van der Waals surface area contributed by atoms with Gasteiger partial charge in [-0.1, -0.05) is 42.5 Å². The van der Waals surface area contributed by atoms with Crippen molar-refractivity contribution in [1.82, 2.24) is 5.32 Å². The molecule has 2 rings (SSSR count). The lowest BCUT2D eigenvalue weighted by molar-refractivity contribution is -0.176. The van der Waals surface area contributed by atoms with Crippen LogP contribution < -0.4 is 5.32 Å². The third kappa shape index (κ3) is 9.01. The van der Waals surface area contributed by atoms with E-state index in [9.17, 15) is 24.4 Å². The molecule has 1 N–H and O–H groups in total. The fourth-order valence-corrected chi connectivity index (χ4v) is 3.36. The number of methoxy groups -OCH3 is 1. The number of rotatable bonds is 8. The smallest absolute Gasteiger partial charge is 0.465 e. The van der Waals surface area contributed by atoms with Crippen LogP contribution in [0.25, 0.3) is 0 Å². The fourth-order valence-electron chi connectivity index (χ4n) is 3.36. The Balaban J connectivity index is 2.59. The van der Waals surface area contributed by atoms with Gasteiger partial charge in [-0.2, -0.15) is 5.26 Å². The summed E-state index contributed by atoms with van der Waals surface area (Å²) in [5.41, 5.74) is -3.93. The van der Waals surface area contributed by atoms with E-state index < -0.39 is 47.0 Å². The summed E-state index contributed by atoms with van der Waals surface area (Å²) in [7, 11) is 1.21. The highest BCUT2D eigenvalue weighted by Gasteiger charge is 2.55. The molecule has 11 nitrogen and oxygen atoms in total. The summed E-state index contributed by atoms with van der Waals surface area (Å²) >= 11 is 0. The van der Waals surface area contributed by atoms with Gasteiger partial charge in [0.25, 0.3) is 0 Å². The Morgan fingerprint density at radius 3 is 1.93 bits per heavy atom. The summed E-state index contributed by atoms with van der Waals surface area (Å²) < 4.78 is 26.1. The van der Waals surface area contributed by atoms with Crippen molar-refractivity contribution in [2.75, 3.05) is 7.11 Å². The standard InChI is InChI=1S/C29H34N2O9/c1-27(2,3)38-24(33)29(18-30,40-26(35)37-17-19-11-9-8-10-12-19)22(31-25(34)39-28(4,5)6)20-13-15-21(16-14-20)23(32)36-7/h8-16,22H,17H2,1-7H3,(H,31,34)/t22-,29+/m1/s1. The molecule has 0 aromatic heterocycles. The average Bonchev–Trinajstić information content (AvgIpc) is 2.87. The highest BCUT2D eigenvalue weighted by molar-refractivity contribution is 5.90. The Labute approximate surface area is 233 Å². The number of esters is 2. The lowest BCUT2D eigenvalue weighted by atomic mass is 9.88. The molecule has 2 atom stereocenters. The summed E-state index contributed by atoms with van der Waals surface area (Å²) in [6.07, 6.45) is -2.38. The number of ether oxygens (including phenoxy) is 5. The zero-order valence-electron chi connectivity index (χ0n) is 23.6. The number of nitrogens with zero attached hydrogens (tertiary/aromatic N) is 1. The van der Waals surface area contributed by atoms with Crippen LogP contribution in [0.2, 0.25) is 0 Å². The number of carbonyl (C=O) groups excluding carboxylic acids is 4. The van der Waals surface area contributed by atoms with E-state index in [0.717, 1.165) is 0 Å². The van der Waals surface area contributed by atoms with E-state index in [-0.39, 0.29) is 17.7 Å². The molecule has 214 valence electrons. The fraction of sp³-hybridized carbons (Fsp3) is 0.414. The first-order valence-corrected chi connectivity index (χ1v) is 12.3. The molecule has 0 fully saturated rings. The maximum absolute atomic E-state index is 13.6. The number of benzene rings is 2. The van der Waals surface area contributed by atoms with Gasteiger partial charge in [0.15, 0.2) is 0 Å². The molecule has 1 amide bonds. The molecular formula is C29H34N2O9. The van der Waals surface area contributed by atoms with E-state index in [4.69, 9.17) is 23.7 Å². The molecule has 0 saturated heterocycles. The van der Waals surface area contributed by atoms with Crippen molar-refractivity contribution < 1.29 is 42.9 Å². The van der Waals surface area contributed by atoms with Gasteiger partial charge in [0.05, 0.1) is 12.7 Å². The number of alkyl carbamates (subject to hydrolysis) is 1. The second kappa shape index (κ2) is 13.0. The monoisotopic (exact) mass is 554 g/mol. The first kappa shape index (κ1) is 31.6. The third-order valence-electron chi connectivity index (χ3n) is 5.04. The Kier molecular flexibility index (Phi) is 10.3. The van der Waals surface area contributed by atoms with Crippen LogP contribution in [0.5, 0.6) is 0 Å². The molecule has 2 aromatic carbocycles. The lowest BCUT2D eigenvalue weighted by Crippen LogP contribution is -2.56. The molecule has 0 aliphatic rings. The van der Waals surface area contributed by atoms with Crippen molar-refractivity contribution >= 4 is 24.2 Å². The van der Waals surface area contributed by atoms with Crippen LogP contribution in [0, 0.1) is 11.3 Å². The molecule has 0 heterocycles. The molecule has 0 bridgehead atoms. The molecule has 11 heteroatoms. The molecule has 0 saturated carbocycles. The maximum atomic E-state index is 13.6. The van der Waals surface area contributed by atoms with Gasteiger partial charge in [-0.3, -0.25) is 0 Å². The van der Waals surface area contributed by atoms with Gasteiger partial charge in [-0.05, 0) is 64.8 Å². The Morgan fingerprint density at radius 2 is 1.43 bits per heavy atom. The first-order chi connectivity index (χ1) is 18.6. The van der Waals surface area contributed by atoms with Crippen LogP contribution in [0.1, 0.15) is 69.1 Å². The van der Waals surface area contributed by atoms with Crippen LogP contribution >= 0.6 is 0 Å². The number of carbonyl (C=O) groups is 4. The van der Waals surface area contributed by atoms with E-state index in [1.807, 2.05) is 0 Å². The number of hydrogen-bond acceptors (Lipinski definition) is 10. The normalized spacial score (nSPS) is 13.4. The molecule has 0 aliphatic carbocycles. The second-order valence-electron chi connectivity index (χ2n) is 10.7. The van der Waals surface area contributed by atoms with Gasteiger partial charge >= 0.3 is 29.8 Å². The number of nitriles is 1. The lowest BCUT2D eigenvalue weighted by Gasteiger charge is -2.35. The Morgan fingerprint density at radius 1 is 0.850 bits per heavy atom. The highest BCUT2D eigenvalue weighted by Crippen LogP contribution is 2.34. The Bertz CT molecular complexity index is 1240. The molecule has 0 radical (unpaired) electrons. The van der Waals surface area contributed by atoms with Crippen molar-refractivity contribution in [3.05, 3.63) is 71.3 Å². The molecule has 0 aliphatic heterocycles. The van der Waals surface area contributed by atoms with E-state index in [2.05, 4.69) is 5.32 Å². The maximum Gasteiger partial charge on any atom is 0.510 e. The van der Waals surface area contributed by atoms with Crippen LogP contribution in [-0.2, 0) is 35.1 Å². The van der Waals surface area contributed by atoms with Gasteiger partial charge in [0.2, 0.25) is 0 Å². The van der Waals surface area contributed by atoms with Crippen molar-refractivity contribution in [3.63, 3.8) is 0 Å². The average molecular weight is 555 g/mol. The van der Waals surface area contributed by atoms with Crippen LogP contribution in [0.4, 0.5) is 9.59 Å². The van der Waals surface area contributed by atoms with Gasteiger partial charge in [-0.15, -0.1) is 0 Å². The largest absolute Gasteiger partial charge is 0.510 e. The molecular weight excluding hydrogens is 520 g/mol. The third-order valence-corrected chi connectivity index (χ3v) is 5.04. The van der Waals surface area contributed by atoms with E-state index >= 15 is 0 Å².